The van der Waals surface area contributed by atoms with Crippen LogP contribution in [0.1, 0.15) is 5.56 Å². The van der Waals surface area contributed by atoms with E-state index in [1.54, 1.807) is 6.08 Å². The van der Waals surface area contributed by atoms with Gasteiger partial charge >= 0.3 is 0 Å². The van der Waals surface area contributed by atoms with Gasteiger partial charge in [-0.05, 0) is 16.3 Å². The lowest BCUT2D eigenvalue weighted by atomic mass is 10.0. The molecule has 0 amide bonds. The van der Waals surface area contributed by atoms with E-state index in [-0.39, 0.29) is 0 Å². The van der Waals surface area contributed by atoms with E-state index in [9.17, 15) is 0 Å². The Kier molecular flexibility index (Phi) is 4.32. The van der Waals surface area contributed by atoms with Crippen LogP contribution in [0.3, 0.4) is 0 Å². The van der Waals surface area contributed by atoms with Crippen molar-refractivity contribution in [2.75, 3.05) is 0 Å². The molecule has 0 aromatic heterocycles. The number of hydrogen-bond acceptors (Lipinski definition) is 0. The van der Waals surface area contributed by atoms with Gasteiger partial charge in [-0.1, -0.05) is 91.6 Å². The van der Waals surface area contributed by atoms with Gasteiger partial charge in [-0.15, -0.1) is 0 Å². The molecule has 2 aromatic rings. The van der Waals surface area contributed by atoms with Crippen molar-refractivity contribution >= 4 is 16.8 Å². The SMILES string of the molecule is C=CC=CC=CC=Cc1cccc2ccccc12. The van der Waals surface area contributed by atoms with E-state index in [1.807, 2.05) is 24.3 Å². The molecule has 0 aliphatic carbocycles. The molecule has 88 valence electrons. The quantitative estimate of drug-likeness (QED) is 0.639. The van der Waals surface area contributed by atoms with Crippen LogP contribution in [0.15, 0.2) is 85.5 Å². The summed E-state index contributed by atoms with van der Waals surface area (Å²) < 4.78 is 0. The maximum absolute atomic E-state index is 3.62. The second kappa shape index (κ2) is 6.41. The predicted octanol–water partition coefficient (Wildman–Crippen LogP) is 5.15. The fraction of sp³-hybridized carbons (Fsp3) is 0. The zero-order valence-electron chi connectivity index (χ0n) is 10.3. The normalized spacial score (nSPS) is 12.0. The van der Waals surface area contributed by atoms with Gasteiger partial charge in [0.15, 0.2) is 0 Å². The Hall–Kier alpha value is -2.34. The summed E-state index contributed by atoms with van der Waals surface area (Å²) in [4.78, 5) is 0. The lowest BCUT2D eigenvalue weighted by Gasteiger charge is -2.00. The van der Waals surface area contributed by atoms with E-state index in [0.29, 0.717) is 0 Å². The van der Waals surface area contributed by atoms with Crippen molar-refractivity contribution in [1.82, 2.24) is 0 Å². The van der Waals surface area contributed by atoms with Crippen molar-refractivity contribution in [1.29, 1.82) is 0 Å². The highest BCUT2D eigenvalue weighted by Gasteiger charge is 1.94. The van der Waals surface area contributed by atoms with Gasteiger partial charge in [0.05, 0.1) is 0 Å². The third-order valence-electron chi connectivity index (χ3n) is 2.68. The van der Waals surface area contributed by atoms with Gasteiger partial charge in [-0.2, -0.15) is 0 Å². The monoisotopic (exact) mass is 232 g/mol. The van der Waals surface area contributed by atoms with Crippen LogP contribution < -0.4 is 0 Å². The lowest BCUT2D eigenvalue weighted by molar-refractivity contribution is 1.71. The zero-order valence-corrected chi connectivity index (χ0v) is 10.3. The minimum Gasteiger partial charge on any atom is -0.0991 e. The molecule has 18 heavy (non-hydrogen) atoms. The number of rotatable bonds is 4. The molecular formula is C18H16. The van der Waals surface area contributed by atoms with Gasteiger partial charge in [-0.3, -0.25) is 0 Å². The smallest absolute Gasteiger partial charge is 0.0111 e. The molecule has 0 aliphatic heterocycles. The number of benzene rings is 2. The highest BCUT2D eigenvalue weighted by molar-refractivity contribution is 5.90. The molecular weight excluding hydrogens is 216 g/mol. The number of allylic oxidation sites excluding steroid dienone is 6. The van der Waals surface area contributed by atoms with E-state index in [0.717, 1.165) is 0 Å². The number of hydrogen-bond donors (Lipinski definition) is 0. The third-order valence-corrected chi connectivity index (χ3v) is 2.68. The second-order valence-electron chi connectivity index (χ2n) is 3.93. The van der Waals surface area contributed by atoms with Gasteiger partial charge in [0.1, 0.15) is 0 Å². The maximum atomic E-state index is 3.62. The molecule has 0 saturated heterocycles. The first kappa shape index (κ1) is 12.1. The predicted molar refractivity (Wildman–Crippen MR) is 81.5 cm³/mol. The first-order valence-electron chi connectivity index (χ1n) is 6.02. The van der Waals surface area contributed by atoms with Crippen molar-refractivity contribution in [3.8, 4) is 0 Å². The summed E-state index contributed by atoms with van der Waals surface area (Å²) in [5.41, 5.74) is 1.24. The molecule has 2 rings (SSSR count). The summed E-state index contributed by atoms with van der Waals surface area (Å²) in [6.07, 6.45) is 13.8. The van der Waals surface area contributed by atoms with Crippen LogP contribution in [0.2, 0.25) is 0 Å². The highest BCUT2D eigenvalue weighted by Crippen LogP contribution is 2.19. The molecule has 0 atom stereocenters. The second-order valence-corrected chi connectivity index (χ2v) is 3.93. The van der Waals surface area contributed by atoms with Crippen molar-refractivity contribution in [3.63, 3.8) is 0 Å². The number of fused-ring (bicyclic) bond motifs is 1. The van der Waals surface area contributed by atoms with Crippen LogP contribution in [0.5, 0.6) is 0 Å². The van der Waals surface area contributed by atoms with Crippen LogP contribution in [0.25, 0.3) is 16.8 Å². The van der Waals surface area contributed by atoms with Gasteiger partial charge in [0.2, 0.25) is 0 Å². The van der Waals surface area contributed by atoms with E-state index < -0.39 is 0 Å². The fourth-order valence-corrected chi connectivity index (χ4v) is 1.83. The molecule has 0 heterocycles. The van der Waals surface area contributed by atoms with Crippen LogP contribution in [0.4, 0.5) is 0 Å². The molecule has 0 fully saturated rings. The molecule has 0 heteroatoms. The summed E-state index contributed by atoms with van der Waals surface area (Å²) in [6, 6.07) is 14.8. The zero-order chi connectivity index (χ0) is 12.6. The maximum Gasteiger partial charge on any atom is -0.0111 e. The molecule has 0 unspecified atom stereocenters. The Bertz CT molecular complexity index is 607. The topological polar surface area (TPSA) is 0 Å². The van der Waals surface area contributed by atoms with Crippen molar-refractivity contribution in [2.24, 2.45) is 0 Å². The molecule has 0 bridgehead atoms. The standard InChI is InChI=1S/C18H16/c1-2-3-4-5-6-7-11-16-13-10-14-17-12-8-9-15-18(16)17/h2-15H,1H2. The minimum absolute atomic E-state index is 1.24. The molecule has 2 aromatic carbocycles. The lowest BCUT2D eigenvalue weighted by Crippen LogP contribution is -1.76. The summed E-state index contributed by atoms with van der Waals surface area (Å²) in [5, 5.41) is 2.56. The summed E-state index contributed by atoms with van der Waals surface area (Å²) in [7, 11) is 0. The Morgan fingerprint density at radius 1 is 0.722 bits per heavy atom. The Morgan fingerprint density at radius 3 is 2.33 bits per heavy atom. The van der Waals surface area contributed by atoms with Crippen molar-refractivity contribution < 1.29 is 0 Å². The molecule has 0 spiro atoms. The average Bonchev–Trinajstić information content (AvgIpc) is 2.43. The first-order valence-corrected chi connectivity index (χ1v) is 6.02. The minimum atomic E-state index is 1.24. The first-order chi connectivity index (χ1) is 8.92. The van der Waals surface area contributed by atoms with Gasteiger partial charge in [0, 0.05) is 0 Å². The van der Waals surface area contributed by atoms with Gasteiger partial charge in [0.25, 0.3) is 0 Å². The van der Waals surface area contributed by atoms with E-state index in [2.05, 4.69) is 61.2 Å². The van der Waals surface area contributed by atoms with Crippen LogP contribution in [0, 0.1) is 0 Å². The molecule has 0 radical (unpaired) electrons. The van der Waals surface area contributed by atoms with Gasteiger partial charge < -0.3 is 0 Å². The van der Waals surface area contributed by atoms with Crippen LogP contribution in [-0.2, 0) is 0 Å². The fourth-order valence-electron chi connectivity index (χ4n) is 1.83. The largest absolute Gasteiger partial charge is 0.0991 e. The molecule has 0 saturated carbocycles. The molecule has 0 N–H and O–H groups in total. The Labute approximate surface area is 108 Å². The third kappa shape index (κ3) is 3.08. The van der Waals surface area contributed by atoms with Crippen LogP contribution >= 0.6 is 0 Å². The van der Waals surface area contributed by atoms with E-state index in [1.165, 1.54) is 16.3 Å². The summed E-state index contributed by atoms with van der Waals surface area (Å²) in [5.74, 6) is 0. The van der Waals surface area contributed by atoms with Gasteiger partial charge in [-0.25, -0.2) is 0 Å². The molecule has 0 nitrogen and oxygen atoms in total. The Morgan fingerprint density at radius 2 is 1.44 bits per heavy atom. The highest BCUT2D eigenvalue weighted by atomic mass is 14.0. The Balaban J connectivity index is 2.21. The summed E-state index contributed by atoms with van der Waals surface area (Å²) >= 11 is 0. The summed E-state index contributed by atoms with van der Waals surface area (Å²) in [6.45, 7) is 3.62. The van der Waals surface area contributed by atoms with Crippen LogP contribution in [-0.4, -0.2) is 0 Å². The van der Waals surface area contributed by atoms with Crippen molar-refractivity contribution in [3.05, 3.63) is 91.1 Å². The van der Waals surface area contributed by atoms with Crippen molar-refractivity contribution in [2.45, 2.75) is 0 Å². The molecule has 0 aliphatic rings. The van der Waals surface area contributed by atoms with E-state index >= 15 is 0 Å². The van der Waals surface area contributed by atoms with E-state index in [4.69, 9.17) is 0 Å². The average molecular weight is 232 g/mol.